The second-order valence-corrected chi connectivity index (χ2v) is 35.5. The quantitative estimate of drug-likeness (QED) is 0.0222. The van der Waals surface area contributed by atoms with E-state index >= 15 is 0 Å². The number of aliphatic hydroxyl groups excluding tert-OH is 1. The molecule has 0 aliphatic carbocycles. The van der Waals surface area contributed by atoms with Crippen LogP contribution in [-0.2, 0) is 65.4 Å². The molecule has 0 rings (SSSR count). The number of rotatable bonds is 87. The third-order valence-electron chi connectivity index (χ3n) is 20.7. The van der Waals surface area contributed by atoms with Crippen LogP contribution in [0.1, 0.15) is 472 Å². The normalized spacial score (nSPS) is 13.8. The van der Waals surface area contributed by atoms with Crippen molar-refractivity contribution in [2.75, 3.05) is 39.6 Å². The molecule has 0 bridgehead atoms. The predicted molar refractivity (Wildman–Crippen MR) is 442 cm³/mol. The van der Waals surface area contributed by atoms with E-state index in [1.165, 1.54) is 289 Å². The summed E-state index contributed by atoms with van der Waals surface area (Å²) in [7, 11) is -9.93. The van der Waals surface area contributed by atoms with Crippen molar-refractivity contribution in [3.05, 3.63) is 0 Å². The monoisotopic (exact) mass is 1560 g/mol. The Morgan fingerprint density at radius 2 is 0.430 bits per heavy atom. The zero-order valence-electron chi connectivity index (χ0n) is 70.5. The van der Waals surface area contributed by atoms with Gasteiger partial charge in [0.05, 0.1) is 26.4 Å². The molecule has 0 aromatic carbocycles. The highest BCUT2D eigenvalue weighted by Crippen LogP contribution is 2.45. The molecule has 19 heteroatoms. The third-order valence-corrected chi connectivity index (χ3v) is 22.6. The fourth-order valence-electron chi connectivity index (χ4n) is 13.8. The molecule has 0 aliphatic heterocycles. The van der Waals surface area contributed by atoms with Gasteiger partial charge in [0.1, 0.15) is 19.3 Å². The van der Waals surface area contributed by atoms with Crippen LogP contribution in [0.4, 0.5) is 0 Å². The Bertz CT molecular complexity index is 2050. The van der Waals surface area contributed by atoms with Gasteiger partial charge in [-0.25, -0.2) is 9.13 Å². The Morgan fingerprint density at radius 3 is 0.636 bits per heavy atom. The molecule has 0 aliphatic rings. The number of phosphoric acid groups is 2. The average molecular weight is 1560 g/mol. The molecule has 0 aromatic heterocycles. The Labute approximate surface area is 658 Å². The topological polar surface area (TPSA) is 237 Å². The van der Waals surface area contributed by atoms with Gasteiger partial charge in [-0.2, -0.15) is 0 Å². The molecule has 0 fully saturated rings. The highest BCUT2D eigenvalue weighted by Gasteiger charge is 2.30. The van der Waals surface area contributed by atoms with E-state index in [1.54, 1.807) is 0 Å². The number of carbonyl (C=O) groups is 4. The van der Waals surface area contributed by atoms with E-state index in [0.29, 0.717) is 25.7 Å². The average Bonchev–Trinajstić information content (AvgIpc) is 0.896. The summed E-state index contributed by atoms with van der Waals surface area (Å²) in [6.45, 7) is 9.72. The van der Waals surface area contributed by atoms with Crippen molar-refractivity contribution < 1.29 is 80.2 Å². The lowest BCUT2D eigenvalue weighted by atomic mass is 10.0. The van der Waals surface area contributed by atoms with E-state index in [2.05, 4.69) is 41.5 Å². The Hall–Kier alpha value is -1.94. The molecular weight excluding hydrogens is 1390 g/mol. The molecule has 0 amide bonds. The summed E-state index contributed by atoms with van der Waals surface area (Å²) in [5.41, 5.74) is 0. The van der Waals surface area contributed by atoms with Crippen LogP contribution in [0, 0.1) is 11.8 Å². The molecule has 0 radical (unpaired) electrons. The zero-order valence-corrected chi connectivity index (χ0v) is 72.2. The molecule has 3 N–H and O–H groups in total. The fraction of sp³-hybridized carbons (Fsp3) is 0.955. The molecule has 5 atom stereocenters. The first-order valence-corrected chi connectivity index (χ1v) is 48.5. The maximum atomic E-state index is 13.2. The van der Waals surface area contributed by atoms with Crippen LogP contribution in [0.15, 0.2) is 0 Å². The Balaban J connectivity index is 5.24. The van der Waals surface area contributed by atoms with E-state index in [-0.39, 0.29) is 25.7 Å². The first-order chi connectivity index (χ1) is 51.9. The van der Waals surface area contributed by atoms with Gasteiger partial charge in [0.25, 0.3) is 0 Å². The Morgan fingerprint density at radius 1 is 0.252 bits per heavy atom. The molecule has 0 saturated heterocycles. The molecule has 2 unspecified atom stereocenters. The maximum Gasteiger partial charge on any atom is 0.472 e. The van der Waals surface area contributed by atoms with Gasteiger partial charge in [-0.05, 0) is 37.5 Å². The number of esters is 4. The molecule has 17 nitrogen and oxygen atoms in total. The van der Waals surface area contributed by atoms with Gasteiger partial charge in [-0.3, -0.25) is 37.3 Å². The molecule has 0 saturated carbocycles. The Kier molecular flexibility index (Phi) is 77.9. The summed E-state index contributed by atoms with van der Waals surface area (Å²) in [6.07, 6.45) is 72.2. The third kappa shape index (κ3) is 81.9. The lowest BCUT2D eigenvalue weighted by Gasteiger charge is -2.21. The van der Waals surface area contributed by atoms with Crippen molar-refractivity contribution in [1.82, 2.24) is 0 Å². The number of aliphatic hydroxyl groups is 1. The maximum absolute atomic E-state index is 13.2. The van der Waals surface area contributed by atoms with Crippen LogP contribution in [0.2, 0.25) is 0 Å². The van der Waals surface area contributed by atoms with Gasteiger partial charge in [0, 0.05) is 25.7 Å². The fourth-order valence-corrected chi connectivity index (χ4v) is 15.4. The number of hydrogen-bond acceptors (Lipinski definition) is 15. The number of ether oxygens (including phenoxy) is 4. The number of phosphoric ester groups is 2. The lowest BCUT2D eigenvalue weighted by molar-refractivity contribution is -0.161. The molecular formula is C88H172O17P2. The van der Waals surface area contributed by atoms with Gasteiger partial charge in [-0.1, -0.05) is 420 Å². The molecule has 636 valence electrons. The summed E-state index contributed by atoms with van der Waals surface area (Å²) >= 11 is 0. The van der Waals surface area contributed by atoms with Crippen molar-refractivity contribution in [3.8, 4) is 0 Å². The minimum atomic E-state index is -4.97. The highest BCUT2D eigenvalue weighted by molar-refractivity contribution is 7.47. The summed E-state index contributed by atoms with van der Waals surface area (Å²) in [5, 5.41) is 10.7. The lowest BCUT2D eigenvalue weighted by Crippen LogP contribution is -2.30. The van der Waals surface area contributed by atoms with Crippen molar-refractivity contribution in [2.24, 2.45) is 11.8 Å². The van der Waals surface area contributed by atoms with E-state index in [9.17, 15) is 43.2 Å². The predicted octanol–water partition coefficient (Wildman–Crippen LogP) is 27.0. The van der Waals surface area contributed by atoms with Gasteiger partial charge < -0.3 is 33.8 Å². The van der Waals surface area contributed by atoms with Crippen LogP contribution in [0.5, 0.6) is 0 Å². The molecule has 107 heavy (non-hydrogen) atoms. The second-order valence-electron chi connectivity index (χ2n) is 32.6. The minimum Gasteiger partial charge on any atom is -0.462 e. The molecule has 0 spiro atoms. The van der Waals surface area contributed by atoms with Crippen molar-refractivity contribution >= 4 is 39.5 Å². The largest absolute Gasteiger partial charge is 0.472 e. The summed E-state index contributed by atoms with van der Waals surface area (Å²) in [6, 6.07) is 0. The number of unbranched alkanes of at least 4 members (excludes halogenated alkanes) is 57. The number of hydrogen-bond donors (Lipinski definition) is 3. The van der Waals surface area contributed by atoms with Crippen LogP contribution >= 0.6 is 15.6 Å². The van der Waals surface area contributed by atoms with Crippen LogP contribution in [-0.4, -0.2) is 96.7 Å². The summed E-state index contributed by atoms with van der Waals surface area (Å²) in [4.78, 5) is 73.3. The highest BCUT2D eigenvalue weighted by atomic mass is 31.2. The smallest absolute Gasteiger partial charge is 0.462 e. The van der Waals surface area contributed by atoms with E-state index in [0.717, 1.165) is 102 Å². The van der Waals surface area contributed by atoms with Crippen LogP contribution in [0.3, 0.4) is 0 Å². The van der Waals surface area contributed by atoms with Crippen molar-refractivity contribution in [1.29, 1.82) is 0 Å². The summed E-state index contributed by atoms with van der Waals surface area (Å²) in [5.74, 6) is -0.513. The van der Waals surface area contributed by atoms with E-state index in [1.807, 2.05) is 0 Å². The molecule has 0 aromatic rings. The zero-order chi connectivity index (χ0) is 78.5. The minimum absolute atomic E-state index is 0.107. The van der Waals surface area contributed by atoms with Gasteiger partial charge in [-0.15, -0.1) is 0 Å². The molecule has 0 heterocycles. The van der Waals surface area contributed by atoms with Gasteiger partial charge >= 0.3 is 39.5 Å². The van der Waals surface area contributed by atoms with Crippen molar-refractivity contribution in [2.45, 2.75) is 490 Å². The first-order valence-electron chi connectivity index (χ1n) is 45.5. The number of carbonyl (C=O) groups excluding carboxylic acids is 4. The SMILES string of the molecule is CCCCCCCCCCCCCCCCCCCCCCC(=O)OC[C@H](COP(=O)(O)OC[C@@H](O)COP(=O)(O)OC[C@@H](COC(=O)CCCCCCCCCCCCCC)OC(=O)CCCCCCCCCCCCCC(C)C)OC(=O)CCCCCCCCCCCCCCCCCCCCC(C)C. The van der Waals surface area contributed by atoms with Gasteiger partial charge in [0.15, 0.2) is 12.2 Å². The first kappa shape index (κ1) is 105. The standard InChI is InChI=1S/C88H172O17P2/c1-7-9-11-13-15-17-19-21-22-23-24-25-29-32-35-41-47-53-59-65-71-86(91)99-77-83(104-87(92)72-66-60-54-48-42-36-33-30-27-26-28-31-34-38-44-50-56-62-68-80(3)4)78-102-106(94,95)100-74-82(89)75-101-107(96,97)103-79-84(76-98-85(90)70-64-58-52-46-40-20-18-16-14-12-10-8-2)105-88(93)73-67-61-55-49-43-37-39-45-51-57-63-69-81(5)6/h80-84,89H,7-79H2,1-6H3,(H,94,95)(H,96,97)/t82-,83-,84-/m1/s1. The van der Waals surface area contributed by atoms with Crippen molar-refractivity contribution in [3.63, 3.8) is 0 Å². The van der Waals surface area contributed by atoms with Crippen LogP contribution in [0.25, 0.3) is 0 Å². The van der Waals surface area contributed by atoms with Crippen LogP contribution < -0.4 is 0 Å². The summed E-state index contributed by atoms with van der Waals surface area (Å²) < 4.78 is 69.0. The second kappa shape index (κ2) is 79.3. The van der Waals surface area contributed by atoms with Gasteiger partial charge in [0.2, 0.25) is 0 Å². The van der Waals surface area contributed by atoms with E-state index in [4.69, 9.17) is 37.0 Å². The van der Waals surface area contributed by atoms with E-state index < -0.39 is 97.5 Å².